The third kappa shape index (κ3) is 7.65. The Labute approximate surface area is 207 Å². The van der Waals surface area contributed by atoms with E-state index >= 15 is 0 Å². The molecule has 1 unspecified atom stereocenters. The molecule has 8 heteroatoms. The van der Waals surface area contributed by atoms with Gasteiger partial charge in [-0.1, -0.05) is 56.6 Å². The molecule has 1 aliphatic carbocycles. The van der Waals surface area contributed by atoms with Crippen LogP contribution in [-0.4, -0.2) is 18.5 Å². The number of ether oxygens (including phenoxy) is 1. The molecular weight excluding hydrogens is 485 g/mol. The van der Waals surface area contributed by atoms with Crippen LogP contribution in [0.2, 0.25) is 0 Å². The first-order chi connectivity index (χ1) is 17.0. The Kier molecular flexibility index (Phi) is 9.32. The molecule has 1 aliphatic rings. The Morgan fingerprint density at radius 2 is 1.50 bits per heavy atom. The Bertz CT molecular complexity index is 1040. The fraction of sp³-hybridized carbons (Fsp3) is 0.500. The molecule has 196 valence electrons. The highest BCUT2D eigenvalue weighted by molar-refractivity contribution is 5.45. The number of unbranched alkanes of at least 4 members (excludes halogenated alkanes) is 2. The van der Waals surface area contributed by atoms with Crippen LogP contribution >= 0.6 is 0 Å². The van der Waals surface area contributed by atoms with Gasteiger partial charge in [-0.3, -0.25) is 0 Å². The van der Waals surface area contributed by atoms with Gasteiger partial charge in [-0.15, -0.1) is 0 Å². The maximum absolute atomic E-state index is 14.1. The number of halogens is 7. The molecule has 0 radical (unpaired) electrons. The summed E-state index contributed by atoms with van der Waals surface area (Å²) in [5, 5.41) is 0. The van der Waals surface area contributed by atoms with E-state index in [-0.39, 0.29) is 5.56 Å². The lowest BCUT2D eigenvalue weighted by atomic mass is 9.77. The Morgan fingerprint density at radius 1 is 0.889 bits per heavy atom. The molecule has 0 amide bonds. The predicted molar refractivity (Wildman–Crippen MR) is 124 cm³/mol. The van der Waals surface area contributed by atoms with Gasteiger partial charge in [-0.05, 0) is 73.4 Å². The van der Waals surface area contributed by atoms with Gasteiger partial charge < -0.3 is 4.74 Å². The third-order valence-electron chi connectivity index (χ3n) is 6.56. The zero-order valence-electron chi connectivity index (χ0n) is 20.0. The second kappa shape index (κ2) is 12.0. The lowest BCUT2D eigenvalue weighted by Crippen LogP contribution is -2.45. The molecule has 0 bridgehead atoms. The van der Waals surface area contributed by atoms with Gasteiger partial charge >= 0.3 is 12.3 Å². The van der Waals surface area contributed by atoms with E-state index in [9.17, 15) is 30.7 Å². The van der Waals surface area contributed by atoms with Gasteiger partial charge in [0.1, 0.15) is 0 Å². The number of alkyl halides is 6. The number of hydrogen-bond acceptors (Lipinski definition) is 1. The zero-order chi connectivity index (χ0) is 26.3. The smallest absolute Gasteiger partial charge is 0.427 e. The first kappa shape index (κ1) is 27.9. The Balaban J connectivity index is 1.58. The number of rotatable bonds is 8. The fourth-order valence-corrected chi connectivity index (χ4v) is 4.50. The molecular formula is C28H29F7O. The number of hydrogen-bond donors (Lipinski definition) is 0. The van der Waals surface area contributed by atoms with Crippen molar-refractivity contribution >= 4 is 0 Å². The molecule has 1 nitrogen and oxygen atoms in total. The summed E-state index contributed by atoms with van der Waals surface area (Å²) in [7, 11) is 0. The third-order valence-corrected chi connectivity index (χ3v) is 6.56. The van der Waals surface area contributed by atoms with E-state index in [0.29, 0.717) is 17.5 Å². The summed E-state index contributed by atoms with van der Waals surface area (Å²) in [5.74, 6) is 4.29. The van der Waals surface area contributed by atoms with Crippen molar-refractivity contribution < 1.29 is 35.5 Å². The highest BCUT2D eigenvalue weighted by atomic mass is 19.4. The first-order valence-electron chi connectivity index (χ1n) is 12.2. The van der Waals surface area contributed by atoms with E-state index in [1.165, 1.54) is 56.9 Å². The van der Waals surface area contributed by atoms with Crippen molar-refractivity contribution in [3.8, 4) is 17.6 Å². The van der Waals surface area contributed by atoms with Crippen molar-refractivity contribution in [1.29, 1.82) is 0 Å². The summed E-state index contributed by atoms with van der Waals surface area (Å²) in [6, 6.07) is 10.3. The highest BCUT2D eigenvalue weighted by Gasteiger charge is 2.59. The van der Waals surface area contributed by atoms with Crippen LogP contribution in [0, 0.1) is 23.6 Å². The summed E-state index contributed by atoms with van der Waals surface area (Å²) < 4.78 is 94.2. The maximum Gasteiger partial charge on any atom is 0.439 e. The molecule has 3 rings (SSSR count). The van der Waals surface area contributed by atoms with Gasteiger partial charge in [-0.2, -0.15) is 22.0 Å². The van der Waals surface area contributed by atoms with Crippen LogP contribution in [-0.2, 0) is 0 Å². The molecule has 0 N–H and O–H groups in total. The molecule has 2 aromatic carbocycles. The van der Waals surface area contributed by atoms with Crippen molar-refractivity contribution in [1.82, 2.24) is 0 Å². The summed E-state index contributed by atoms with van der Waals surface area (Å²) in [6.07, 6.45) is -5.73. The SMILES string of the molecule is CCCCCC1CCC(c2ccc(C#Cc3ccc(OC(F)(F)C(F)C(F)(F)F)c(F)c3)cc2)CC1. The minimum absolute atomic E-state index is 0.0984. The highest BCUT2D eigenvalue weighted by Crippen LogP contribution is 2.38. The first-order valence-corrected chi connectivity index (χ1v) is 12.2. The standard InChI is InChI=1S/C28H29F7O/c1-2-3-4-5-19-8-13-22(14-9-19)23-15-10-20(11-16-23)6-7-21-12-17-25(24(29)18-21)36-28(34,35)26(30)27(31,32)33/h10-12,15-19,22,26H,2-5,8-9,13-14H2,1H3. The lowest BCUT2D eigenvalue weighted by Gasteiger charge is -2.29. The van der Waals surface area contributed by atoms with Gasteiger partial charge in [0.2, 0.25) is 0 Å². The second-order valence-corrected chi connectivity index (χ2v) is 9.30. The summed E-state index contributed by atoms with van der Waals surface area (Å²) >= 11 is 0. The van der Waals surface area contributed by atoms with Gasteiger partial charge in [0.05, 0.1) is 0 Å². The largest absolute Gasteiger partial charge is 0.439 e. The van der Waals surface area contributed by atoms with Crippen LogP contribution in [0.25, 0.3) is 0 Å². The molecule has 1 fully saturated rings. The van der Waals surface area contributed by atoms with E-state index in [1.807, 2.05) is 24.3 Å². The van der Waals surface area contributed by atoms with Gasteiger partial charge in [-0.25, -0.2) is 8.78 Å². The molecule has 36 heavy (non-hydrogen) atoms. The zero-order valence-corrected chi connectivity index (χ0v) is 20.0. The van der Waals surface area contributed by atoms with Crippen molar-refractivity contribution in [2.24, 2.45) is 5.92 Å². The second-order valence-electron chi connectivity index (χ2n) is 9.30. The quantitative estimate of drug-likeness (QED) is 0.194. The molecule has 0 aromatic heterocycles. The molecule has 1 saturated carbocycles. The topological polar surface area (TPSA) is 9.23 Å². The van der Waals surface area contributed by atoms with E-state index in [1.54, 1.807) is 0 Å². The van der Waals surface area contributed by atoms with Gasteiger partial charge in [0.25, 0.3) is 6.17 Å². The Hall–Kier alpha value is -2.69. The summed E-state index contributed by atoms with van der Waals surface area (Å²) in [5.41, 5.74) is 2.03. The van der Waals surface area contributed by atoms with Gasteiger partial charge in [0, 0.05) is 11.1 Å². The fourth-order valence-electron chi connectivity index (χ4n) is 4.50. The molecule has 2 aromatic rings. The minimum atomic E-state index is -5.85. The van der Waals surface area contributed by atoms with Crippen LogP contribution in [0.3, 0.4) is 0 Å². The minimum Gasteiger partial charge on any atom is -0.427 e. The molecule has 1 atom stereocenters. The van der Waals surface area contributed by atoms with E-state index in [4.69, 9.17) is 0 Å². The number of benzene rings is 2. The van der Waals surface area contributed by atoms with Crippen molar-refractivity contribution in [2.75, 3.05) is 0 Å². The van der Waals surface area contributed by atoms with Crippen LogP contribution in [0.15, 0.2) is 42.5 Å². The van der Waals surface area contributed by atoms with Crippen LogP contribution in [0.4, 0.5) is 30.7 Å². The van der Waals surface area contributed by atoms with Crippen LogP contribution < -0.4 is 4.74 Å². The molecule has 0 heterocycles. The lowest BCUT2D eigenvalue weighted by molar-refractivity contribution is -0.305. The molecule has 0 spiro atoms. The van der Waals surface area contributed by atoms with Crippen molar-refractivity contribution in [2.45, 2.75) is 82.7 Å². The average molecular weight is 515 g/mol. The molecule has 0 aliphatic heterocycles. The summed E-state index contributed by atoms with van der Waals surface area (Å²) in [4.78, 5) is 0. The van der Waals surface area contributed by atoms with Crippen LogP contribution in [0.1, 0.15) is 80.9 Å². The maximum atomic E-state index is 14.1. The van der Waals surface area contributed by atoms with E-state index in [0.717, 1.165) is 18.1 Å². The van der Waals surface area contributed by atoms with Crippen molar-refractivity contribution in [3.63, 3.8) is 0 Å². The van der Waals surface area contributed by atoms with Crippen LogP contribution in [0.5, 0.6) is 5.75 Å². The molecule has 0 saturated heterocycles. The normalized spacial score (nSPS) is 19.3. The van der Waals surface area contributed by atoms with E-state index in [2.05, 4.69) is 23.5 Å². The Morgan fingerprint density at radius 3 is 2.08 bits per heavy atom. The van der Waals surface area contributed by atoms with E-state index < -0.39 is 30.0 Å². The average Bonchev–Trinajstić information content (AvgIpc) is 2.84. The monoisotopic (exact) mass is 514 g/mol. The van der Waals surface area contributed by atoms with Crippen molar-refractivity contribution in [3.05, 3.63) is 65.0 Å². The van der Waals surface area contributed by atoms with Gasteiger partial charge in [0.15, 0.2) is 11.6 Å². The predicted octanol–water partition coefficient (Wildman–Crippen LogP) is 8.95. The summed E-state index contributed by atoms with van der Waals surface area (Å²) in [6.45, 7) is 2.22.